The molecule has 176 valence electrons. The van der Waals surface area contributed by atoms with Crippen LogP contribution in [-0.4, -0.2) is 19.0 Å². The number of carbonyl (C=O) groups is 1. The number of nitrogens with zero attached hydrogens (tertiary/aromatic N) is 2. The maximum absolute atomic E-state index is 13.4. The van der Waals surface area contributed by atoms with Crippen molar-refractivity contribution < 1.29 is 14.3 Å². The highest BCUT2D eigenvalue weighted by molar-refractivity contribution is 6.42. The summed E-state index contributed by atoms with van der Waals surface area (Å²) in [6, 6.07) is 12.9. The average Bonchev–Trinajstić information content (AvgIpc) is 2.82. The molecule has 0 saturated carbocycles. The number of nitrogens with two attached hydrogens (primary N) is 1. The van der Waals surface area contributed by atoms with Crippen LogP contribution in [0, 0.1) is 11.3 Å². The van der Waals surface area contributed by atoms with Gasteiger partial charge in [0.2, 0.25) is 0 Å². The van der Waals surface area contributed by atoms with Gasteiger partial charge in [0.25, 0.3) is 0 Å². The molecule has 6 nitrogen and oxygen atoms in total. The Morgan fingerprint density at radius 2 is 1.85 bits per heavy atom. The number of hydrogen-bond donors (Lipinski definition) is 1. The number of carbonyl (C=O) groups excluding carboxylic acids is 1. The Bertz CT molecular complexity index is 1250. The van der Waals surface area contributed by atoms with E-state index in [0.717, 1.165) is 5.70 Å². The van der Waals surface area contributed by atoms with E-state index in [4.69, 9.17) is 38.4 Å². The van der Waals surface area contributed by atoms with Crippen molar-refractivity contribution in [3.8, 4) is 17.6 Å². The third-order valence-corrected chi connectivity index (χ3v) is 6.72. The highest BCUT2D eigenvalue weighted by Crippen LogP contribution is 2.49. The van der Waals surface area contributed by atoms with E-state index in [-0.39, 0.29) is 17.2 Å². The SMILES string of the molecule is CCOc1ccc(OCC)c(C2C(C#N)=C(N)N(c3ccc(Cl)c(Cl)c3)C3=C2C(=O)CCC3)c1. The van der Waals surface area contributed by atoms with E-state index in [2.05, 4.69) is 6.07 Å². The quantitative estimate of drug-likeness (QED) is 0.518. The van der Waals surface area contributed by atoms with Gasteiger partial charge < -0.3 is 15.2 Å². The van der Waals surface area contributed by atoms with Crippen molar-refractivity contribution in [2.24, 2.45) is 5.73 Å². The van der Waals surface area contributed by atoms with Gasteiger partial charge in [-0.1, -0.05) is 23.2 Å². The van der Waals surface area contributed by atoms with E-state index in [9.17, 15) is 10.1 Å². The number of ketones is 1. The van der Waals surface area contributed by atoms with Crippen LogP contribution in [0.25, 0.3) is 0 Å². The summed E-state index contributed by atoms with van der Waals surface area (Å²) in [5.41, 5.74) is 9.57. The Hall–Kier alpha value is -3.14. The fourth-order valence-electron chi connectivity index (χ4n) is 4.61. The number of nitriles is 1. The topological polar surface area (TPSA) is 88.6 Å². The lowest BCUT2D eigenvalue weighted by Crippen LogP contribution is -2.38. The monoisotopic (exact) mass is 497 g/mol. The van der Waals surface area contributed by atoms with Crippen LogP contribution in [0.1, 0.15) is 44.6 Å². The largest absolute Gasteiger partial charge is 0.494 e. The fraction of sp³-hybridized carbons (Fsp3) is 0.308. The van der Waals surface area contributed by atoms with Crippen molar-refractivity contribution >= 4 is 34.7 Å². The summed E-state index contributed by atoms with van der Waals surface area (Å²) in [7, 11) is 0. The highest BCUT2D eigenvalue weighted by atomic mass is 35.5. The molecule has 0 amide bonds. The molecule has 1 atom stereocenters. The molecular weight excluding hydrogens is 473 g/mol. The number of benzene rings is 2. The van der Waals surface area contributed by atoms with Gasteiger partial charge >= 0.3 is 0 Å². The van der Waals surface area contributed by atoms with Gasteiger partial charge in [0.1, 0.15) is 17.3 Å². The molecule has 1 heterocycles. The normalized spacial score (nSPS) is 18.0. The third-order valence-electron chi connectivity index (χ3n) is 5.98. The number of Topliss-reactive ketones (excluding diaryl/α,β-unsaturated/α-hetero) is 1. The lowest BCUT2D eigenvalue weighted by Gasteiger charge is -2.40. The van der Waals surface area contributed by atoms with Crippen molar-refractivity contribution in [2.75, 3.05) is 18.1 Å². The van der Waals surface area contributed by atoms with Gasteiger partial charge in [-0.05, 0) is 63.1 Å². The molecule has 1 aliphatic heterocycles. The van der Waals surface area contributed by atoms with Crippen LogP contribution >= 0.6 is 23.2 Å². The zero-order valence-electron chi connectivity index (χ0n) is 19.0. The second-order valence-corrected chi connectivity index (χ2v) is 8.79. The third kappa shape index (κ3) is 4.22. The van der Waals surface area contributed by atoms with Crippen molar-refractivity contribution in [3.05, 3.63) is 74.7 Å². The molecule has 0 radical (unpaired) electrons. The maximum atomic E-state index is 13.4. The number of halogens is 2. The van der Waals surface area contributed by atoms with Crippen molar-refractivity contribution in [3.63, 3.8) is 0 Å². The van der Waals surface area contributed by atoms with Gasteiger partial charge in [-0.2, -0.15) is 5.26 Å². The van der Waals surface area contributed by atoms with Gasteiger partial charge in [0.05, 0.1) is 40.8 Å². The smallest absolute Gasteiger partial charge is 0.161 e. The van der Waals surface area contributed by atoms with Crippen LogP contribution in [-0.2, 0) is 4.79 Å². The molecule has 2 aliphatic rings. The minimum atomic E-state index is -0.659. The summed E-state index contributed by atoms with van der Waals surface area (Å²) in [6.45, 7) is 4.71. The second-order valence-electron chi connectivity index (χ2n) is 7.98. The molecule has 0 spiro atoms. The Labute approximate surface area is 209 Å². The molecule has 0 saturated heterocycles. The molecule has 0 bridgehead atoms. The summed E-state index contributed by atoms with van der Waals surface area (Å²) in [6.07, 6.45) is 1.72. The minimum Gasteiger partial charge on any atom is -0.494 e. The fourth-order valence-corrected chi connectivity index (χ4v) is 4.90. The number of anilines is 1. The summed E-state index contributed by atoms with van der Waals surface area (Å²) in [5, 5.41) is 11.0. The van der Waals surface area contributed by atoms with E-state index in [1.165, 1.54) is 0 Å². The first-order valence-electron chi connectivity index (χ1n) is 11.2. The number of ether oxygens (including phenoxy) is 2. The number of allylic oxidation sites excluding steroid dienone is 3. The van der Waals surface area contributed by atoms with Gasteiger partial charge in [0.15, 0.2) is 5.78 Å². The van der Waals surface area contributed by atoms with E-state index < -0.39 is 5.92 Å². The first-order chi connectivity index (χ1) is 16.4. The van der Waals surface area contributed by atoms with E-state index in [0.29, 0.717) is 70.8 Å². The molecule has 2 N–H and O–H groups in total. The molecule has 4 rings (SSSR count). The predicted octanol–water partition coefficient (Wildman–Crippen LogP) is 6.10. The molecule has 0 fully saturated rings. The zero-order chi connectivity index (χ0) is 24.4. The van der Waals surface area contributed by atoms with Gasteiger partial charge in [-0.25, -0.2) is 0 Å². The number of rotatable bonds is 6. The zero-order valence-corrected chi connectivity index (χ0v) is 20.5. The lowest BCUT2D eigenvalue weighted by atomic mass is 9.75. The summed E-state index contributed by atoms with van der Waals surface area (Å²) < 4.78 is 11.6. The van der Waals surface area contributed by atoms with Crippen molar-refractivity contribution in [1.82, 2.24) is 0 Å². The summed E-state index contributed by atoms with van der Waals surface area (Å²) >= 11 is 12.4. The van der Waals surface area contributed by atoms with Crippen LogP contribution in [0.15, 0.2) is 59.1 Å². The van der Waals surface area contributed by atoms with Crippen LogP contribution in [0.4, 0.5) is 5.69 Å². The number of hydrogen-bond acceptors (Lipinski definition) is 6. The maximum Gasteiger partial charge on any atom is 0.161 e. The molecule has 8 heteroatoms. The van der Waals surface area contributed by atoms with E-state index in [1.54, 1.807) is 23.1 Å². The molecule has 1 unspecified atom stereocenters. The van der Waals surface area contributed by atoms with Crippen LogP contribution in [0.3, 0.4) is 0 Å². The minimum absolute atomic E-state index is 0.0131. The molecule has 2 aromatic carbocycles. The van der Waals surface area contributed by atoms with E-state index in [1.807, 2.05) is 32.0 Å². The van der Waals surface area contributed by atoms with Crippen LogP contribution < -0.4 is 20.1 Å². The van der Waals surface area contributed by atoms with E-state index >= 15 is 0 Å². The van der Waals surface area contributed by atoms with Gasteiger partial charge in [-0.3, -0.25) is 9.69 Å². The van der Waals surface area contributed by atoms with Gasteiger partial charge in [-0.15, -0.1) is 0 Å². The molecule has 34 heavy (non-hydrogen) atoms. The lowest BCUT2D eigenvalue weighted by molar-refractivity contribution is -0.116. The van der Waals surface area contributed by atoms with Gasteiger partial charge in [0, 0.05) is 28.9 Å². The van der Waals surface area contributed by atoms with Crippen LogP contribution in [0.5, 0.6) is 11.5 Å². The molecular formula is C26H25Cl2N3O3. The predicted molar refractivity (Wildman–Crippen MR) is 133 cm³/mol. The molecule has 1 aliphatic carbocycles. The first-order valence-corrected chi connectivity index (χ1v) is 12.0. The Kier molecular flexibility index (Phi) is 7.06. The van der Waals surface area contributed by atoms with Crippen molar-refractivity contribution in [2.45, 2.75) is 39.0 Å². The highest BCUT2D eigenvalue weighted by Gasteiger charge is 2.41. The Morgan fingerprint density at radius 1 is 1.09 bits per heavy atom. The summed E-state index contributed by atoms with van der Waals surface area (Å²) in [4.78, 5) is 15.1. The summed E-state index contributed by atoms with van der Waals surface area (Å²) in [5.74, 6) is 0.803. The Balaban J connectivity index is 1.98. The first kappa shape index (κ1) is 24.0. The standard InChI is InChI=1S/C26H25Cl2N3O3/c1-3-33-16-9-11-23(34-4-2)17(13-16)24-18(14-29)26(30)31(15-8-10-19(27)20(28)12-15)21-6-5-7-22(32)25(21)24/h8-13,24H,3-7,30H2,1-2H3. The Morgan fingerprint density at radius 3 is 2.53 bits per heavy atom. The second kappa shape index (κ2) is 10.0. The molecule has 0 aromatic heterocycles. The van der Waals surface area contributed by atoms with Crippen molar-refractivity contribution in [1.29, 1.82) is 5.26 Å². The molecule has 2 aromatic rings. The average molecular weight is 498 g/mol. The van der Waals surface area contributed by atoms with Crippen LogP contribution in [0.2, 0.25) is 10.0 Å².